The third-order valence-electron chi connectivity index (χ3n) is 5.43. The van der Waals surface area contributed by atoms with Crippen LogP contribution in [0.15, 0.2) is 72.8 Å². The number of nitrogens with one attached hydrogen (secondary N) is 2. The SMILES string of the molecule is Cc1c(NCC(=O)Nc2ccccc2Oc2ccccc2)cccc1C(=O)N1CCSCC1. The summed E-state index contributed by atoms with van der Waals surface area (Å²) in [5.41, 5.74) is 2.89. The van der Waals surface area contributed by atoms with Crippen molar-refractivity contribution in [2.24, 2.45) is 0 Å². The second-order valence-electron chi connectivity index (χ2n) is 7.70. The van der Waals surface area contributed by atoms with Crippen molar-refractivity contribution in [1.82, 2.24) is 4.90 Å². The van der Waals surface area contributed by atoms with Crippen LogP contribution in [0, 0.1) is 6.92 Å². The second kappa shape index (κ2) is 10.9. The maximum atomic E-state index is 12.9. The van der Waals surface area contributed by atoms with Gasteiger partial charge in [0.05, 0.1) is 12.2 Å². The van der Waals surface area contributed by atoms with Crippen LogP contribution in [0.1, 0.15) is 15.9 Å². The molecule has 1 saturated heterocycles. The second-order valence-corrected chi connectivity index (χ2v) is 8.92. The molecule has 6 nitrogen and oxygen atoms in total. The van der Waals surface area contributed by atoms with Crippen LogP contribution in [0.25, 0.3) is 0 Å². The molecule has 33 heavy (non-hydrogen) atoms. The van der Waals surface area contributed by atoms with Gasteiger partial charge >= 0.3 is 0 Å². The summed E-state index contributed by atoms with van der Waals surface area (Å²) in [4.78, 5) is 27.5. The predicted molar refractivity (Wildman–Crippen MR) is 134 cm³/mol. The fourth-order valence-electron chi connectivity index (χ4n) is 3.64. The molecule has 7 heteroatoms. The van der Waals surface area contributed by atoms with Crippen molar-refractivity contribution in [3.05, 3.63) is 83.9 Å². The van der Waals surface area contributed by atoms with E-state index in [4.69, 9.17) is 4.74 Å². The van der Waals surface area contributed by atoms with Crippen LogP contribution < -0.4 is 15.4 Å². The molecule has 0 aliphatic carbocycles. The van der Waals surface area contributed by atoms with Gasteiger partial charge in [-0.15, -0.1) is 0 Å². The normalized spacial score (nSPS) is 13.3. The van der Waals surface area contributed by atoms with Crippen molar-refractivity contribution < 1.29 is 14.3 Å². The van der Waals surface area contributed by atoms with E-state index in [1.54, 1.807) is 6.07 Å². The Morgan fingerprint density at radius 3 is 2.39 bits per heavy atom. The third kappa shape index (κ3) is 5.87. The molecule has 0 bridgehead atoms. The Hall–Kier alpha value is -3.45. The molecule has 3 aromatic rings. The minimum Gasteiger partial charge on any atom is -0.455 e. The number of nitrogens with zero attached hydrogens (tertiary/aromatic N) is 1. The maximum Gasteiger partial charge on any atom is 0.254 e. The number of thioether (sulfide) groups is 1. The largest absolute Gasteiger partial charge is 0.455 e. The summed E-state index contributed by atoms with van der Waals surface area (Å²) < 4.78 is 5.91. The lowest BCUT2D eigenvalue weighted by Gasteiger charge is -2.27. The number of carbonyl (C=O) groups excluding carboxylic acids is 2. The van der Waals surface area contributed by atoms with Crippen LogP contribution in [0.2, 0.25) is 0 Å². The molecular formula is C26H27N3O3S. The average molecular weight is 462 g/mol. The highest BCUT2D eigenvalue weighted by Gasteiger charge is 2.21. The molecule has 1 aliphatic rings. The first kappa shape index (κ1) is 22.7. The number of rotatable bonds is 7. The van der Waals surface area contributed by atoms with E-state index in [0.29, 0.717) is 22.7 Å². The average Bonchev–Trinajstić information content (AvgIpc) is 2.85. The van der Waals surface area contributed by atoms with E-state index in [0.717, 1.165) is 35.8 Å². The van der Waals surface area contributed by atoms with Gasteiger partial charge < -0.3 is 20.3 Å². The monoisotopic (exact) mass is 461 g/mol. The smallest absolute Gasteiger partial charge is 0.254 e. The summed E-state index contributed by atoms with van der Waals surface area (Å²) in [6, 6.07) is 22.3. The molecule has 0 unspecified atom stereocenters. The van der Waals surface area contributed by atoms with Gasteiger partial charge in [0.25, 0.3) is 5.91 Å². The van der Waals surface area contributed by atoms with Crippen LogP contribution in [0.5, 0.6) is 11.5 Å². The van der Waals surface area contributed by atoms with Crippen molar-refractivity contribution in [3.63, 3.8) is 0 Å². The van der Waals surface area contributed by atoms with E-state index in [-0.39, 0.29) is 18.4 Å². The van der Waals surface area contributed by atoms with Gasteiger partial charge in [-0.2, -0.15) is 11.8 Å². The Labute approximate surface area is 198 Å². The molecule has 2 N–H and O–H groups in total. The van der Waals surface area contributed by atoms with Gasteiger partial charge in [0, 0.05) is 35.8 Å². The Balaban J connectivity index is 1.39. The molecule has 0 saturated carbocycles. The lowest BCUT2D eigenvalue weighted by atomic mass is 10.1. The summed E-state index contributed by atoms with van der Waals surface area (Å²) >= 11 is 1.87. The maximum absolute atomic E-state index is 12.9. The minimum atomic E-state index is -0.205. The Kier molecular flexibility index (Phi) is 7.52. The molecule has 0 radical (unpaired) electrons. The number of ether oxygens (including phenoxy) is 1. The third-order valence-corrected chi connectivity index (χ3v) is 6.38. The van der Waals surface area contributed by atoms with Gasteiger partial charge in [-0.1, -0.05) is 36.4 Å². The Morgan fingerprint density at radius 1 is 0.909 bits per heavy atom. The molecular weight excluding hydrogens is 434 g/mol. The summed E-state index contributed by atoms with van der Waals surface area (Å²) in [5, 5.41) is 6.08. The van der Waals surface area contributed by atoms with Gasteiger partial charge in [-0.3, -0.25) is 9.59 Å². The molecule has 3 aromatic carbocycles. The quantitative estimate of drug-likeness (QED) is 0.517. The first-order valence-electron chi connectivity index (χ1n) is 10.9. The zero-order valence-electron chi connectivity index (χ0n) is 18.5. The number of anilines is 2. The predicted octanol–water partition coefficient (Wildman–Crippen LogP) is 5.03. The Bertz CT molecular complexity index is 1110. The van der Waals surface area contributed by atoms with Gasteiger partial charge in [-0.25, -0.2) is 0 Å². The van der Waals surface area contributed by atoms with E-state index in [2.05, 4.69) is 10.6 Å². The first-order valence-corrected chi connectivity index (χ1v) is 12.1. The van der Waals surface area contributed by atoms with Gasteiger partial charge in [-0.05, 0) is 48.9 Å². The molecule has 0 spiro atoms. The van der Waals surface area contributed by atoms with Gasteiger partial charge in [0.15, 0.2) is 5.75 Å². The van der Waals surface area contributed by atoms with Crippen LogP contribution in [0.4, 0.5) is 11.4 Å². The Morgan fingerprint density at radius 2 is 1.61 bits per heavy atom. The zero-order valence-corrected chi connectivity index (χ0v) is 19.4. The molecule has 0 atom stereocenters. The van der Waals surface area contributed by atoms with Crippen molar-refractivity contribution in [2.45, 2.75) is 6.92 Å². The van der Waals surface area contributed by atoms with E-state index in [9.17, 15) is 9.59 Å². The zero-order chi connectivity index (χ0) is 23.0. The molecule has 1 aliphatic heterocycles. The highest BCUT2D eigenvalue weighted by molar-refractivity contribution is 7.99. The molecule has 0 aromatic heterocycles. The van der Waals surface area contributed by atoms with E-state index < -0.39 is 0 Å². The van der Waals surface area contributed by atoms with Crippen molar-refractivity contribution in [2.75, 3.05) is 41.8 Å². The first-order chi connectivity index (χ1) is 16.1. The summed E-state index contributed by atoms with van der Waals surface area (Å²) in [6.07, 6.45) is 0. The number of hydrogen-bond acceptors (Lipinski definition) is 5. The standard InChI is InChI=1S/C26H27N3O3S/c1-19-21(26(31)29-14-16-33-17-15-29)10-7-12-22(19)27-18-25(30)28-23-11-5-6-13-24(23)32-20-8-3-2-4-9-20/h2-13,27H,14-18H2,1H3,(H,28,30). The summed E-state index contributed by atoms with van der Waals surface area (Å²) in [6.45, 7) is 3.52. The topological polar surface area (TPSA) is 70.7 Å². The summed E-state index contributed by atoms with van der Waals surface area (Å²) in [7, 11) is 0. The van der Waals surface area contributed by atoms with Gasteiger partial charge in [0.2, 0.25) is 5.91 Å². The highest BCUT2D eigenvalue weighted by atomic mass is 32.2. The molecule has 1 fully saturated rings. The number of hydrogen-bond donors (Lipinski definition) is 2. The lowest BCUT2D eigenvalue weighted by molar-refractivity contribution is -0.114. The minimum absolute atomic E-state index is 0.0490. The number of benzene rings is 3. The fourth-order valence-corrected chi connectivity index (χ4v) is 4.54. The van der Waals surface area contributed by atoms with E-state index >= 15 is 0 Å². The number of para-hydroxylation sites is 3. The van der Waals surface area contributed by atoms with E-state index in [1.807, 2.05) is 90.3 Å². The van der Waals surface area contributed by atoms with Crippen LogP contribution in [-0.4, -0.2) is 47.9 Å². The van der Waals surface area contributed by atoms with Gasteiger partial charge in [0.1, 0.15) is 5.75 Å². The molecule has 2 amide bonds. The highest BCUT2D eigenvalue weighted by Crippen LogP contribution is 2.29. The van der Waals surface area contributed by atoms with E-state index in [1.165, 1.54) is 0 Å². The van der Waals surface area contributed by atoms with Crippen molar-refractivity contribution >= 4 is 35.0 Å². The van der Waals surface area contributed by atoms with Crippen LogP contribution in [-0.2, 0) is 4.79 Å². The number of carbonyl (C=O) groups is 2. The van der Waals surface area contributed by atoms with Crippen molar-refractivity contribution in [1.29, 1.82) is 0 Å². The molecule has 1 heterocycles. The summed E-state index contributed by atoms with van der Waals surface area (Å²) in [5.74, 6) is 3.05. The van der Waals surface area contributed by atoms with Crippen LogP contribution in [0.3, 0.4) is 0 Å². The fraction of sp³-hybridized carbons (Fsp3) is 0.231. The lowest BCUT2D eigenvalue weighted by Crippen LogP contribution is -2.38. The molecule has 170 valence electrons. The van der Waals surface area contributed by atoms with Crippen molar-refractivity contribution in [3.8, 4) is 11.5 Å². The van der Waals surface area contributed by atoms with Crippen LogP contribution >= 0.6 is 11.8 Å². The number of amides is 2. The molecule has 4 rings (SSSR count).